The van der Waals surface area contributed by atoms with Crippen molar-refractivity contribution < 1.29 is 13.2 Å². The standard InChI is InChI=1S/C8H7ClF2.C7H7F.2C2H6/c1-5-4-6(9)2-3-7(5)8(10)11;1-6-4-2-3-5-7(6)8;2*1-2/h2-4,8H,1H3;2-5H,1H3;2*1-2H3. The van der Waals surface area contributed by atoms with E-state index < -0.39 is 6.43 Å². The van der Waals surface area contributed by atoms with Crippen LogP contribution in [0.5, 0.6) is 0 Å². The van der Waals surface area contributed by atoms with Crippen LogP contribution < -0.4 is 0 Å². The molecule has 0 aliphatic heterocycles. The first-order valence-corrected chi connectivity index (χ1v) is 8.05. The van der Waals surface area contributed by atoms with Crippen LogP contribution in [-0.2, 0) is 0 Å². The van der Waals surface area contributed by atoms with Crippen LogP contribution in [0.3, 0.4) is 0 Å². The summed E-state index contributed by atoms with van der Waals surface area (Å²) in [5, 5.41) is 0.493. The molecule has 0 unspecified atom stereocenters. The van der Waals surface area contributed by atoms with E-state index in [2.05, 4.69) is 0 Å². The first kappa shape index (κ1) is 23.8. The van der Waals surface area contributed by atoms with Gasteiger partial charge in [0, 0.05) is 10.6 Å². The average molecular weight is 347 g/mol. The van der Waals surface area contributed by atoms with Crippen LogP contribution in [0.4, 0.5) is 13.2 Å². The minimum absolute atomic E-state index is 0.0504. The molecule has 0 aliphatic rings. The second-order valence-corrected chi connectivity index (χ2v) is 4.49. The number of hydrogen-bond acceptors (Lipinski definition) is 0. The molecule has 0 amide bonds. The fourth-order valence-electron chi connectivity index (χ4n) is 1.43. The van der Waals surface area contributed by atoms with E-state index in [1.807, 2.05) is 33.8 Å². The first-order chi connectivity index (χ1) is 10.9. The molecule has 0 N–H and O–H groups in total. The Morgan fingerprint density at radius 2 is 1.35 bits per heavy atom. The van der Waals surface area contributed by atoms with Crippen LogP contribution >= 0.6 is 11.6 Å². The number of aryl methyl sites for hydroxylation is 2. The molecular weight excluding hydrogens is 321 g/mol. The molecule has 23 heavy (non-hydrogen) atoms. The highest BCUT2D eigenvalue weighted by molar-refractivity contribution is 6.30. The van der Waals surface area contributed by atoms with E-state index in [9.17, 15) is 13.2 Å². The summed E-state index contributed by atoms with van der Waals surface area (Å²) >= 11 is 5.58. The Labute approximate surface area is 143 Å². The number of rotatable bonds is 1. The van der Waals surface area contributed by atoms with Crippen molar-refractivity contribution >= 4 is 11.6 Å². The van der Waals surface area contributed by atoms with Gasteiger partial charge >= 0.3 is 0 Å². The zero-order valence-corrected chi connectivity index (χ0v) is 15.4. The molecule has 0 fully saturated rings. The Bertz CT molecular complexity index is 519. The highest BCUT2D eigenvalue weighted by Gasteiger charge is 2.09. The molecule has 0 spiro atoms. The van der Waals surface area contributed by atoms with Gasteiger partial charge in [-0.3, -0.25) is 0 Å². The number of hydrogen-bond donors (Lipinski definition) is 0. The fraction of sp³-hybridized carbons (Fsp3) is 0.368. The average Bonchev–Trinajstić information content (AvgIpc) is 2.54. The van der Waals surface area contributed by atoms with Crippen LogP contribution in [-0.4, -0.2) is 0 Å². The van der Waals surface area contributed by atoms with Crippen molar-refractivity contribution in [1.29, 1.82) is 0 Å². The van der Waals surface area contributed by atoms with Gasteiger partial charge in [0.2, 0.25) is 0 Å². The van der Waals surface area contributed by atoms with Crippen LogP contribution in [0.15, 0.2) is 42.5 Å². The Balaban J connectivity index is 0. The number of alkyl halides is 2. The summed E-state index contributed by atoms with van der Waals surface area (Å²) in [6.45, 7) is 11.4. The number of halogens is 4. The topological polar surface area (TPSA) is 0 Å². The zero-order valence-electron chi connectivity index (χ0n) is 14.6. The second kappa shape index (κ2) is 14.1. The highest BCUT2D eigenvalue weighted by Crippen LogP contribution is 2.24. The molecule has 4 heteroatoms. The Morgan fingerprint density at radius 3 is 1.70 bits per heavy atom. The van der Waals surface area contributed by atoms with Crippen molar-refractivity contribution in [3.8, 4) is 0 Å². The van der Waals surface area contributed by atoms with Crippen molar-refractivity contribution in [2.24, 2.45) is 0 Å². The van der Waals surface area contributed by atoms with E-state index >= 15 is 0 Å². The second-order valence-electron chi connectivity index (χ2n) is 4.05. The van der Waals surface area contributed by atoms with Gasteiger partial charge in [-0.15, -0.1) is 0 Å². The van der Waals surface area contributed by atoms with E-state index in [4.69, 9.17) is 11.6 Å². The Kier molecular flexibility index (Phi) is 14.6. The third-order valence-corrected chi connectivity index (χ3v) is 2.78. The molecule has 0 radical (unpaired) electrons. The molecule has 0 bridgehead atoms. The molecule has 2 aromatic carbocycles. The van der Waals surface area contributed by atoms with Gasteiger partial charge in [-0.2, -0.15) is 0 Å². The third-order valence-electron chi connectivity index (χ3n) is 2.54. The van der Waals surface area contributed by atoms with Crippen LogP contribution in [0.2, 0.25) is 5.02 Å². The minimum atomic E-state index is -2.41. The van der Waals surface area contributed by atoms with Crippen molar-refractivity contribution in [3.05, 3.63) is 70.0 Å². The van der Waals surface area contributed by atoms with Gasteiger partial charge in [0.25, 0.3) is 6.43 Å². The fourth-order valence-corrected chi connectivity index (χ4v) is 1.66. The summed E-state index contributed by atoms with van der Waals surface area (Å²) in [6.07, 6.45) is -2.41. The molecule has 2 rings (SSSR count). The van der Waals surface area contributed by atoms with Crippen molar-refractivity contribution in [3.63, 3.8) is 0 Å². The van der Waals surface area contributed by atoms with E-state index in [-0.39, 0.29) is 11.4 Å². The summed E-state index contributed by atoms with van der Waals surface area (Å²) in [6, 6.07) is 11.0. The molecule has 0 atom stereocenters. The lowest BCUT2D eigenvalue weighted by Gasteiger charge is -2.03. The first-order valence-electron chi connectivity index (χ1n) is 7.67. The van der Waals surface area contributed by atoms with Crippen LogP contribution in [0.25, 0.3) is 0 Å². The van der Waals surface area contributed by atoms with Crippen molar-refractivity contribution in [2.75, 3.05) is 0 Å². The van der Waals surface area contributed by atoms with Crippen molar-refractivity contribution in [2.45, 2.75) is 48.0 Å². The smallest absolute Gasteiger partial charge is 0.207 e. The summed E-state index contributed by atoms with van der Waals surface area (Å²) in [7, 11) is 0. The molecule has 0 aromatic heterocycles. The zero-order chi connectivity index (χ0) is 18.4. The number of benzene rings is 2. The van der Waals surface area contributed by atoms with Gasteiger partial charge in [0.05, 0.1) is 0 Å². The lowest BCUT2D eigenvalue weighted by molar-refractivity contribution is 0.150. The Hall–Kier alpha value is -1.48. The van der Waals surface area contributed by atoms with Gasteiger partial charge in [-0.25, -0.2) is 13.2 Å². The normalized spacial score (nSPS) is 8.83. The lowest BCUT2D eigenvalue weighted by Crippen LogP contribution is -1.87. The molecule has 130 valence electrons. The predicted molar refractivity (Wildman–Crippen MR) is 95.0 cm³/mol. The minimum Gasteiger partial charge on any atom is -0.207 e. The molecule has 2 aromatic rings. The largest absolute Gasteiger partial charge is 0.264 e. The van der Waals surface area contributed by atoms with Crippen LogP contribution in [0.1, 0.15) is 50.8 Å². The monoisotopic (exact) mass is 346 g/mol. The van der Waals surface area contributed by atoms with Gasteiger partial charge < -0.3 is 0 Å². The van der Waals surface area contributed by atoms with Gasteiger partial charge in [0.15, 0.2) is 0 Å². The summed E-state index contributed by atoms with van der Waals surface area (Å²) < 4.78 is 36.6. The van der Waals surface area contributed by atoms with Gasteiger partial charge in [-0.1, -0.05) is 63.6 Å². The van der Waals surface area contributed by atoms with Crippen molar-refractivity contribution in [1.82, 2.24) is 0 Å². The molecule has 0 nitrogen and oxygen atoms in total. The molecule has 0 saturated carbocycles. The quantitative estimate of drug-likeness (QED) is 0.494. The van der Waals surface area contributed by atoms with E-state index in [1.165, 1.54) is 24.3 Å². The predicted octanol–water partition coefficient (Wildman–Crippen LogP) is 7.77. The van der Waals surface area contributed by atoms with E-state index in [0.29, 0.717) is 16.1 Å². The van der Waals surface area contributed by atoms with E-state index in [1.54, 1.807) is 26.0 Å². The molecule has 0 aliphatic carbocycles. The summed E-state index contributed by atoms with van der Waals surface area (Å²) in [4.78, 5) is 0. The Morgan fingerprint density at radius 1 is 0.826 bits per heavy atom. The summed E-state index contributed by atoms with van der Waals surface area (Å²) in [5.41, 5.74) is 1.29. The SMILES string of the molecule is CC.CC.Cc1cc(Cl)ccc1C(F)F.Cc1ccccc1F. The molecular formula is C19H26ClF3. The molecule has 0 heterocycles. The van der Waals surface area contributed by atoms with E-state index in [0.717, 1.165) is 0 Å². The van der Waals surface area contributed by atoms with Gasteiger partial charge in [0.1, 0.15) is 5.82 Å². The maximum atomic E-state index is 12.3. The summed E-state index contributed by atoms with van der Waals surface area (Å²) in [5.74, 6) is -0.132. The third kappa shape index (κ3) is 10.0. The highest BCUT2D eigenvalue weighted by atomic mass is 35.5. The molecule has 0 saturated heterocycles. The maximum Gasteiger partial charge on any atom is 0.264 e. The lowest BCUT2D eigenvalue weighted by atomic mass is 10.1. The van der Waals surface area contributed by atoms with Crippen LogP contribution in [0, 0.1) is 19.7 Å². The maximum absolute atomic E-state index is 12.3. The van der Waals surface area contributed by atoms with Gasteiger partial charge in [-0.05, 0) is 43.2 Å².